The Kier molecular flexibility index (Phi) is 7.08. The monoisotopic (exact) mass is 581 g/mol. The number of ether oxygens (including phenoxy) is 2. The highest BCUT2D eigenvalue weighted by atomic mass is 32.1. The zero-order valence-electron chi connectivity index (χ0n) is 22.8. The van der Waals surface area contributed by atoms with Crippen molar-refractivity contribution < 1.29 is 28.9 Å². The Labute approximate surface area is 238 Å². The standard InChI is InChI=1S/C29H31N3O8S/c1-16-23-26(36)32(29(8-9-29)14-22(34)35)28(37)31(27(23)41-24(16)25-30-10-13-40-25)11-6-18-17(4-3-5-21(18)38-2)19-15-39-12-7-20(19)33/h3-5,10,13,19-20,33H,6-9,11-12,14-15H2,1-2H3,(H,34,35). The molecule has 41 heavy (non-hydrogen) atoms. The number of oxazole rings is 1. The van der Waals surface area contributed by atoms with Gasteiger partial charge in [-0.2, -0.15) is 0 Å². The molecular formula is C29H31N3O8S. The van der Waals surface area contributed by atoms with Crippen LogP contribution in [0.15, 0.2) is 44.7 Å². The van der Waals surface area contributed by atoms with E-state index in [-0.39, 0.29) is 18.9 Å². The Morgan fingerprint density at radius 3 is 2.76 bits per heavy atom. The van der Waals surface area contributed by atoms with Crippen LogP contribution in [0.4, 0.5) is 0 Å². The predicted octanol–water partition coefficient (Wildman–Crippen LogP) is 3.27. The smallest absolute Gasteiger partial charge is 0.332 e. The molecule has 4 aromatic rings. The van der Waals surface area contributed by atoms with Crippen molar-refractivity contribution >= 4 is 27.5 Å². The van der Waals surface area contributed by atoms with Gasteiger partial charge in [0.1, 0.15) is 16.8 Å². The van der Waals surface area contributed by atoms with Gasteiger partial charge in [0.05, 0.1) is 48.2 Å². The van der Waals surface area contributed by atoms with Crippen LogP contribution in [0.25, 0.3) is 21.0 Å². The molecule has 0 bridgehead atoms. The number of aryl methyl sites for hydroxylation is 2. The molecule has 2 aliphatic rings. The first kappa shape index (κ1) is 27.4. The fraction of sp³-hybridized carbons (Fsp3) is 0.448. The first-order valence-electron chi connectivity index (χ1n) is 13.6. The third-order valence-electron chi connectivity index (χ3n) is 8.31. The predicted molar refractivity (Wildman–Crippen MR) is 151 cm³/mol. The van der Waals surface area contributed by atoms with Crippen molar-refractivity contribution in [2.45, 2.75) is 63.1 Å². The lowest BCUT2D eigenvalue weighted by Gasteiger charge is -2.30. The second-order valence-corrected chi connectivity index (χ2v) is 11.8. The van der Waals surface area contributed by atoms with Gasteiger partial charge in [0.2, 0.25) is 5.89 Å². The molecule has 0 spiro atoms. The molecule has 1 aromatic carbocycles. The van der Waals surface area contributed by atoms with Crippen LogP contribution in [0, 0.1) is 6.92 Å². The van der Waals surface area contributed by atoms with Crippen LogP contribution in [0.2, 0.25) is 0 Å². The molecule has 11 nitrogen and oxygen atoms in total. The van der Waals surface area contributed by atoms with Crippen LogP contribution in [0.1, 0.15) is 48.3 Å². The minimum atomic E-state index is -1.06. The van der Waals surface area contributed by atoms with Gasteiger partial charge in [0.25, 0.3) is 5.56 Å². The highest BCUT2D eigenvalue weighted by Gasteiger charge is 2.49. The van der Waals surface area contributed by atoms with Crippen molar-refractivity contribution in [1.29, 1.82) is 0 Å². The maximum atomic E-state index is 14.1. The van der Waals surface area contributed by atoms with E-state index in [4.69, 9.17) is 13.9 Å². The quantitative estimate of drug-likeness (QED) is 0.304. The van der Waals surface area contributed by atoms with E-state index in [9.17, 15) is 24.6 Å². The Morgan fingerprint density at radius 2 is 2.10 bits per heavy atom. The third-order valence-corrected chi connectivity index (χ3v) is 9.62. The SMILES string of the molecule is COc1cccc(C2COCCC2O)c1CCn1c(=O)n(C2(CC(=O)O)CC2)c(=O)c2c(C)c(-c3ncco3)sc21. The lowest BCUT2D eigenvalue weighted by molar-refractivity contribution is -0.138. The molecule has 2 atom stereocenters. The van der Waals surface area contributed by atoms with Crippen LogP contribution in [-0.4, -0.2) is 56.7 Å². The number of benzene rings is 1. The van der Waals surface area contributed by atoms with Gasteiger partial charge in [-0.1, -0.05) is 12.1 Å². The number of thiophene rings is 1. The Hall–Kier alpha value is -3.74. The van der Waals surface area contributed by atoms with Crippen molar-refractivity contribution in [3.05, 3.63) is 68.2 Å². The lowest BCUT2D eigenvalue weighted by atomic mass is 9.86. The summed E-state index contributed by atoms with van der Waals surface area (Å²) in [4.78, 5) is 45.1. The molecule has 3 aromatic heterocycles. The second kappa shape index (κ2) is 10.6. The van der Waals surface area contributed by atoms with Gasteiger partial charge in [0.15, 0.2) is 0 Å². The molecular weight excluding hydrogens is 550 g/mol. The van der Waals surface area contributed by atoms with Crippen molar-refractivity contribution in [3.63, 3.8) is 0 Å². The maximum absolute atomic E-state index is 14.1. The first-order chi connectivity index (χ1) is 19.8. The van der Waals surface area contributed by atoms with Gasteiger partial charge in [-0.3, -0.25) is 18.7 Å². The number of aliphatic hydroxyl groups excluding tert-OH is 1. The number of fused-ring (bicyclic) bond motifs is 1. The van der Waals surface area contributed by atoms with E-state index in [0.29, 0.717) is 71.2 Å². The minimum Gasteiger partial charge on any atom is -0.496 e. The van der Waals surface area contributed by atoms with Crippen molar-refractivity contribution in [2.75, 3.05) is 20.3 Å². The molecule has 6 rings (SSSR count). The summed E-state index contributed by atoms with van der Waals surface area (Å²) in [5.74, 6) is -0.329. The van der Waals surface area contributed by atoms with E-state index in [1.807, 2.05) is 18.2 Å². The highest BCUT2D eigenvalue weighted by Crippen LogP contribution is 2.46. The number of nitrogens with zero attached hydrogens (tertiary/aromatic N) is 3. The lowest BCUT2D eigenvalue weighted by Crippen LogP contribution is -2.46. The van der Waals surface area contributed by atoms with E-state index >= 15 is 0 Å². The highest BCUT2D eigenvalue weighted by molar-refractivity contribution is 7.22. The molecule has 12 heteroatoms. The number of rotatable bonds is 9. The minimum absolute atomic E-state index is 0.195. The molecule has 4 heterocycles. The van der Waals surface area contributed by atoms with Crippen LogP contribution in [0.5, 0.6) is 5.75 Å². The molecule has 0 radical (unpaired) electrons. The van der Waals surface area contributed by atoms with E-state index in [1.54, 1.807) is 18.6 Å². The third kappa shape index (κ3) is 4.69. The van der Waals surface area contributed by atoms with Gasteiger partial charge >= 0.3 is 11.7 Å². The topological polar surface area (TPSA) is 146 Å². The summed E-state index contributed by atoms with van der Waals surface area (Å²) in [5.41, 5.74) is 0.279. The van der Waals surface area contributed by atoms with E-state index in [2.05, 4.69) is 4.98 Å². The van der Waals surface area contributed by atoms with Gasteiger partial charge in [0, 0.05) is 19.1 Å². The molecule has 1 aliphatic carbocycles. The molecule has 2 unspecified atom stereocenters. The van der Waals surface area contributed by atoms with Gasteiger partial charge < -0.3 is 24.1 Å². The number of hydrogen-bond donors (Lipinski definition) is 2. The number of carbonyl (C=O) groups is 1. The first-order valence-corrected chi connectivity index (χ1v) is 14.4. The maximum Gasteiger partial charge on any atom is 0.332 e. The van der Waals surface area contributed by atoms with Gasteiger partial charge in [-0.05, 0) is 55.4 Å². The Bertz CT molecular complexity index is 1730. The number of aliphatic hydroxyl groups is 1. The summed E-state index contributed by atoms with van der Waals surface area (Å²) in [5, 5.41) is 20.7. The van der Waals surface area contributed by atoms with Crippen LogP contribution in [-0.2, 0) is 28.0 Å². The van der Waals surface area contributed by atoms with Crippen LogP contribution >= 0.6 is 11.3 Å². The Balaban J connectivity index is 1.51. The summed E-state index contributed by atoms with van der Waals surface area (Å²) in [6, 6.07) is 5.66. The van der Waals surface area contributed by atoms with Crippen molar-refractivity contribution in [2.24, 2.45) is 0 Å². The summed E-state index contributed by atoms with van der Waals surface area (Å²) in [6.07, 6.45) is 3.85. The van der Waals surface area contributed by atoms with E-state index < -0.39 is 28.9 Å². The molecule has 0 amide bonds. The molecule has 2 fully saturated rings. The second-order valence-electron chi connectivity index (χ2n) is 10.8. The zero-order chi connectivity index (χ0) is 28.9. The number of carboxylic acids is 1. The number of carboxylic acid groups (broad SMARTS) is 1. The average Bonchev–Trinajstić information content (AvgIpc) is 3.34. The van der Waals surface area contributed by atoms with Gasteiger partial charge in [-0.15, -0.1) is 11.3 Å². The number of hydrogen-bond acceptors (Lipinski definition) is 9. The van der Waals surface area contributed by atoms with Crippen LogP contribution < -0.4 is 16.0 Å². The van der Waals surface area contributed by atoms with Crippen molar-refractivity contribution in [3.8, 4) is 16.5 Å². The van der Waals surface area contributed by atoms with Crippen LogP contribution in [0.3, 0.4) is 0 Å². The average molecular weight is 582 g/mol. The van der Waals surface area contributed by atoms with E-state index in [0.717, 1.165) is 15.7 Å². The summed E-state index contributed by atoms with van der Waals surface area (Å²) in [7, 11) is 1.58. The van der Waals surface area contributed by atoms with Crippen molar-refractivity contribution in [1.82, 2.24) is 14.1 Å². The van der Waals surface area contributed by atoms with Gasteiger partial charge in [-0.25, -0.2) is 9.78 Å². The molecule has 1 saturated heterocycles. The molecule has 2 N–H and O–H groups in total. The number of aromatic nitrogens is 3. The molecule has 1 saturated carbocycles. The largest absolute Gasteiger partial charge is 0.496 e. The molecule has 1 aliphatic heterocycles. The summed E-state index contributed by atoms with van der Waals surface area (Å²) in [6.45, 7) is 2.85. The fourth-order valence-corrected chi connectivity index (χ4v) is 7.30. The summed E-state index contributed by atoms with van der Waals surface area (Å²) >= 11 is 1.25. The Morgan fingerprint density at radius 1 is 1.29 bits per heavy atom. The summed E-state index contributed by atoms with van der Waals surface area (Å²) < 4.78 is 19.6. The normalized spacial score (nSPS) is 19.9. The zero-order valence-corrected chi connectivity index (χ0v) is 23.6. The molecule has 216 valence electrons. The van der Waals surface area contributed by atoms with E-state index in [1.165, 1.54) is 23.8 Å². The fourth-order valence-electron chi connectivity index (χ4n) is 6.04. The number of methoxy groups -OCH3 is 1. The number of aliphatic carboxylic acids is 1.